The van der Waals surface area contributed by atoms with E-state index in [2.05, 4.69) is 17.1 Å². The van der Waals surface area contributed by atoms with Crippen LogP contribution in [0.1, 0.15) is 11.3 Å². The molecule has 20 heavy (non-hydrogen) atoms. The van der Waals surface area contributed by atoms with Crippen molar-refractivity contribution in [3.8, 4) is 11.6 Å². The average molecular weight is 265 g/mol. The quantitative estimate of drug-likeness (QED) is 0.782. The van der Waals surface area contributed by atoms with Crippen LogP contribution in [0.15, 0.2) is 54.6 Å². The number of pyridine rings is 1. The Morgan fingerprint density at radius 3 is 2.60 bits per heavy atom. The number of aliphatic hydroxyl groups is 1. The molecule has 0 spiro atoms. The molecule has 0 unspecified atom stereocenters. The third-order valence-electron chi connectivity index (χ3n) is 3.30. The Bertz CT molecular complexity index is 748. The Balaban J connectivity index is 1.99. The largest absolute Gasteiger partial charge is 0.438 e. The monoisotopic (exact) mass is 265 g/mol. The molecule has 1 aromatic heterocycles. The van der Waals surface area contributed by atoms with Crippen LogP contribution in [0.25, 0.3) is 10.8 Å². The van der Waals surface area contributed by atoms with E-state index in [9.17, 15) is 0 Å². The number of aryl methyl sites for hydroxylation is 1. The van der Waals surface area contributed by atoms with Gasteiger partial charge in [-0.15, -0.1) is 0 Å². The molecule has 1 N–H and O–H groups in total. The maximum Gasteiger partial charge on any atom is 0.219 e. The molecule has 1 heterocycles. The highest BCUT2D eigenvalue weighted by Crippen LogP contribution is 2.29. The molecule has 0 amide bonds. The first-order chi connectivity index (χ1) is 9.78. The van der Waals surface area contributed by atoms with Gasteiger partial charge in [-0.05, 0) is 30.0 Å². The smallest absolute Gasteiger partial charge is 0.219 e. The normalized spacial score (nSPS) is 10.7. The van der Waals surface area contributed by atoms with Crippen LogP contribution in [-0.4, -0.2) is 10.1 Å². The summed E-state index contributed by atoms with van der Waals surface area (Å²) >= 11 is 0. The highest BCUT2D eigenvalue weighted by molar-refractivity contribution is 5.88. The van der Waals surface area contributed by atoms with Gasteiger partial charge in [0.25, 0.3) is 0 Å². The lowest BCUT2D eigenvalue weighted by Gasteiger charge is -2.09. The maximum atomic E-state index is 9.16. The summed E-state index contributed by atoms with van der Waals surface area (Å²) in [6.45, 7) is 1.86. The van der Waals surface area contributed by atoms with Crippen LogP contribution in [0, 0.1) is 6.92 Å². The van der Waals surface area contributed by atoms with Gasteiger partial charge in [0.2, 0.25) is 5.88 Å². The van der Waals surface area contributed by atoms with Gasteiger partial charge < -0.3 is 9.84 Å². The number of rotatable bonds is 3. The fourth-order valence-electron chi connectivity index (χ4n) is 2.19. The van der Waals surface area contributed by atoms with Crippen molar-refractivity contribution < 1.29 is 9.84 Å². The molecule has 3 rings (SSSR count). The Hall–Kier alpha value is -2.39. The van der Waals surface area contributed by atoms with E-state index in [-0.39, 0.29) is 6.61 Å². The molecule has 3 aromatic rings. The zero-order valence-electron chi connectivity index (χ0n) is 11.2. The molecule has 0 aliphatic heterocycles. The summed E-state index contributed by atoms with van der Waals surface area (Å²) in [7, 11) is 0. The average Bonchev–Trinajstić information content (AvgIpc) is 2.48. The van der Waals surface area contributed by atoms with Gasteiger partial charge in [-0.1, -0.05) is 36.4 Å². The van der Waals surface area contributed by atoms with Crippen molar-refractivity contribution >= 4 is 10.8 Å². The standard InChI is InChI=1S/C17H15NO2/c1-12-14(11-19)9-10-17(18-12)20-16-8-4-6-13-5-2-3-7-15(13)16/h2-10,19H,11H2,1H3. The van der Waals surface area contributed by atoms with E-state index in [1.807, 2.05) is 43.3 Å². The van der Waals surface area contributed by atoms with E-state index in [0.717, 1.165) is 27.8 Å². The Kier molecular flexibility index (Phi) is 3.35. The highest BCUT2D eigenvalue weighted by atomic mass is 16.5. The summed E-state index contributed by atoms with van der Waals surface area (Å²) in [4.78, 5) is 4.36. The lowest BCUT2D eigenvalue weighted by molar-refractivity contribution is 0.280. The number of aromatic nitrogens is 1. The first-order valence-corrected chi connectivity index (χ1v) is 6.51. The third-order valence-corrected chi connectivity index (χ3v) is 3.30. The summed E-state index contributed by atoms with van der Waals surface area (Å²) in [6, 6.07) is 17.6. The zero-order chi connectivity index (χ0) is 13.9. The highest BCUT2D eigenvalue weighted by Gasteiger charge is 2.05. The summed E-state index contributed by atoms with van der Waals surface area (Å²) in [5.74, 6) is 1.32. The van der Waals surface area contributed by atoms with E-state index in [0.29, 0.717) is 5.88 Å². The summed E-state index contributed by atoms with van der Waals surface area (Å²) in [6.07, 6.45) is 0. The Morgan fingerprint density at radius 1 is 1.00 bits per heavy atom. The van der Waals surface area contributed by atoms with E-state index in [1.54, 1.807) is 6.07 Å². The molecule has 0 aliphatic carbocycles. The molecule has 0 saturated heterocycles. The Labute approximate surface area is 117 Å². The lowest BCUT2D eigenvalue weighted by Crippen LogP contribution is -1.95. The summed E-state index contributed by atoms with van der Waals surface area (Å²) in [5.41, 5.74) is 1.60. The Morgan fingerprint density at radius 2 is 1.80 bits per heavy atom. The van der Waals surface area contributed by atoms with Crippen LogP contribution in [0.5, 0.6) is 11.6 Å². The summed E-state index contributed by atoms with van der Waals surface area (Å²) in [5, 5.41) is 11.3. The number of nitrogens with zero attached hydrogens (tertiary/aromatic N) is 1. The predicted octanol–water partition coefficient (Wildman–Crippen LogP) is 3.83. The van der Waals surface area contributed by atoms with Crippen LogP contribution in [0.4, 0.5) is 0 Å². The molecule has 0 atom stereocenters. The zero-order valence-corrected chi connectivity index (χ0v) is 11.2. The number of benzene rings is 2. The van der Waals surface area contributed by atoms with Gasteiger partial charge in [-0.2, -0.15) is 0 Å². The molecule has 0 saturated carbocycles. The third kappa shape index (κ3) is 2.36. The molecule has 0 fully saturated rings. The van der Waals surface area contributed by atoms with Crippen LogP contribution >= 0.6 is 0 Å². The second kappa shape index (κ2) is 5.31. The van der Waals surface area contributed by atoms with Crippen molar-refractivity contribution in [1.29, 1.82) is 0 Å². The molecular formula is C17H15NO2. The fourth-order valence-corrected chi connectivity index (χ4v) is 2.19. The fraction of sp³-hybridized carbons (Fsp3) is 0.118. The molecule has 0 radical (unpaired) electrons. The van der Waals surface area contributed by atoms with Gasteiger partial charge in [-0.25, -0.2) is 4.98 Å². The maximum absolute atomic E-state index is 9.16. The lowest BCUT2D eigenvalue weighted by atomic mass is 10.1. The first kappa shape index (κ1) is 12.6. The van der Waals surface area contributed by atoms with Gasteiger partial charge in [0.05, 0.1) is 6.61 Å². The molecule has 3 nitrogen and oxygen atoms in total. The summed E-state index contributed by atoms with van der Waals surface area (Å²) < 4.78 is 5.88. The van der Waals surface area contributed by atoms with E-state index >= 15 is 0 Å². The topological polar surface area (TPSA) is 42.4 Å². The van der Waals surface area contributed by atoms with Gasteiger partial charge >= 0.3 is 0 Å². The number of ether oxygens (including phenoxy) is 1. The van der Waals surface area contributed by atoms with Crippen LogP contribution in [-0.2, 0) is 6.61 Å². The first-order valence-electron chi connectivity index (χ1n) is 6.51. The second-order valence-electron chi connectivity index (χ2n) is 4.63. The molecule has 100 valence electrons. The predicted molar refractivity (Wildman–Crippen MR) is 78.9 cm³/mol. The van der Waals surface area contributed by atoms with Crippen LogP contribution in [0.3, 0.4) is 0 Å². The van der Waals surface area contributed by atoms with Gasteiger partial charge in [0.1, 0.15) is 5.75 Å². The van der Waals surface area contributed by atoms with E-state index in [1.165, 1.54) is 0 Å². The van der Waals surface area contributed by atoms with Crippen LogP contribution in [0.2, 0.25) is 0 Å². The van der Waals surface area contributed by atoms with Crippen molar-refractivity contribution in [3.05, 3.63) is 65.9 Å². The number of hydrogen-bond donors (Lipinski definition) is 1. The molecule has 0 bridgehead atoms. The molecular weight excluding hydrogens is 250 g/mol. The van der Waals surface area contributed by atoms with Gasteiger partial charge in [0.15, 0.2) is 0 Å². The minimum absolute atomic E-state index is 0.00657. The second-order valence-corrected chi connectivity index (χ2v) is 4.63. The van der Waals surface area contributed by atoms with Crippen molar-refractivity contribution in [2.45, 2.75) is 13.5 Å². The SMILES string of the molecule is Cc1nc(Oc2cccc3ccccc23)ccc1CO. The van der Waals surface area contributed by atoms with Crippen LogP contribution < -0.4 is 4.74 Å². The number of aliphatic hydroxyl groups excluding tert-OH is 1. The number of fused-ring (bicyclic) bond motifs is 1. The molecule has 3 heteroatoms. The van der Waals surface area contributed by atoms with Crippen molar-refractivity contribution in [2.24, 2.45) is 0 Å². The van der Waals surface area contributed by atoms with E-state index < -0.39 is 0 Å². The molecule has 0 aliphatic rings. The number of hydrogen-bond acceptors (Lipinski definition) is 3. The van der Waals surface area contributed by atoms with Gasteiger partial charge in [0, 0.05) is 17.1 Å². The van der Waals surface area contributed by atoms with Crippen molar-refractivity contribution in [2.75, 3.05) is 0 Å². The van der Waals surface area contributed by atoms with Crippen molar-refractivity contribution in [3.63, 3.8) is 0 Å². The minimum atomic E-state index is -0.00657. The van der Waals surface area contributed by atoms with Crippen molar-refractivity contribution in [1.82, 2.24) is 4.98 Å². The van der Waals surface area contributed by atoms with Gasteiger partial charge in [-0.3, -0.25) is 0 Å². The minimum Gasteiger partial charge on any atom is -0.438 e. The molecule has 2 aromatic carbocycles. The van der Waals surface area contributed by atoms with E-state index in [4.69, 9.17) is 9.84 Å².